The second-order valence-electron chi connectivity index (χ2n) is 4.05. The Hall–Kier alpha value is -2.50. The summed E-state index contributed by atoms with van der Waals surface area (Å²) in [6.45, 7) is 0. The minimum Gasteiger partial charge on any atom is -0.497 e. The molecular weight excluding hydrogens is 234 g/mol. The number of carbonyl (C=O) groups excluding carboxylic acids is 1. The predicted molar refractivity (Wildman–Crippen MR) is 65.2 cm³/mol. The minimum atomic E-state index is -0.0454. The maximum absolute atomic E-state index is 11.5. The van der Waals surface area contributed by atoms with Crippen molar-refractivity contribution < 1.29 is 14.1 Å². The topological polar surface area (TPSA) is 90.4 Å². The predicted octanol–water partition coefficient (Wildman–Crippen LogP) is 1.43. The number of nitrogen functional groups attached to an aromatic ring is 1. The molecule has 0 fully saturated rings. The van der Waals surface area contributed by atoms with Gasteiger partial charge in [-0.2, -0.15) is 0 Å². The number of aromatic nitrogens is 1. The third-order valence-electron chi connectivity index (χ3n) is 2.85. The summed E-state index contributed by atoms with van der Waals surface area (Å²) < 4.78 is 10.1. The van der Waals surface area contributed by atoms with Gasteiger partial charge in [0.2, 0.25) is 11.8 Å². The van der Waals surface area contributed by atoms with Gasteiger partial charge in [0.15, 0.2) is 0 Å². The quantitative estimate of drug-likeness (QED) is 0.835. The van der Waals surface area contributed by atoms with E-state index in [9.17, 15) is 4.79 Å². The summed E-state index contributed by atoms with van der Waals surface area (Å²) in [7, 11) is 1.58. The fraction of sp³-hybridized carbons (Fsp3) is 0.167. The number of rotatable bonds is 2. The number of anilines is 2. The SMILES string of the molecule is COc1cc2c(c(-c3cc(N)on3)c1)NC(=O)C2. The van der Waals surface area contributed by atoms with Crippen LogP contribution in [-0.2, 0) is 11.2 Å². The fourth-order valence-electron chi connectivity index (χ4n) is 2.05. The highest BCUT2D eigenvalue weighted by molar-refractivity contribution is 6.03. The number of methoxy groups -OCH3 is 1. The van der Waals surface area contributed by atoms with Crippen molar-refractivity contribution in [3.8, 4) is 17.0 Å². The highest BCUT2D eigenvalue weighted by Crippen LogP contribution is 2.38. The molecule has 2 aromatic rings. The van der Waals surface area contributed by atoms with Gasteiger partial charge in [0.25, 0.3) is 0 Å². The number of nitrogens with two attached hydrogens (primary N) is 1. The van der Waals surface area contributed by atoms with E-state index in [0.717, 1.165) is 16.8 Å². The molecule has 0 radical (unpaired) electrons. The lowest BCUT2D eigenvalue weighted by Crippen LogP contribution is -2.04. The van der Waals surface area contributed by atoms with Gasteiger partial charge in [-0.05, 0) is 17.7 Å². The first kappa shape index (κ1) is 10.6. The van der Waals surface area contributed by atoms with Gasteiger partial charge in [0, 0.05) is 11.6 Å². The molecule has 1 aliphatic heterocycles. The van der Waals surface area contributed by atoms with Crippen LogP contribution in [0.15, 0.2) is 22.7 Å². The number of amides is 1. The van der Waals surface area contributed by atoms with Crippen molar-refractivity contribution in [1.29, 1.82) is 0 Å². The number of carbonyl (C=O) groups is 1. The van der Waals surface area contributed by atoms with Gasteiger partial charge < -0.3 is 20.3 Å². The molecule has 0 aliphatic carbocycles. The van der Waals surface area contributed by atoms with Crippen LogP contribution in [0, 0.1) is 0 Å². The highest BCUT2D eigenvalue weighted by atomic mass is 16.5. The summed E-state index contributed by atoms with van der Waals surface area (Å²) in [5, 5.41) is 6.67. The van der Waals surface area contributed by atoms with Crippen molar-refractivity contribution >= 4 is 17.5 Å². The average Bonchev–Trinajstić information content (AvgIpc) is 2.92. The summed E-state index contributed by atoms with van der Waals surface area (Å²) in [5.41, 5.74) is 8.46. The maximum Gasteiger partial charge on any atom is 0.228 e. The van der Waals surface area contributed by atoms with Gasteiger partial charge in [0.1, 0.15) is 11.4 Å². The normalized spacial score (nSPS) is 13.3. The number of nitrogens with zero attached hydrogens (tertiary/aromatic N) is 1. The Morgan fingerprint density at radius 2 is 2.28 bits per heavy atom. The van der Waals surface area contributed by atoms with Gasteiger partial charge in [-0.25, -0.2) is 0 Å². The molecule has 0 atom stereocenters. The molecule has 1 amide bonds. The molecule has 92 valence electrons. The van der Waals surface area contributed by atoms with E-state index in [-0.39, 0.29) is 11.8 Å². The third kappa shape index (κ3) is 1.58. The van der Waals surface area contributed by atoms with Crippen molar-refractivity contribution in [2.24, 2.45) is 0 Å². The van der Waals surface area contributed by atoms with E-state index in [1.807, 2.05) is 6.07 Å². The molecule has 0 bridgehead atoms. The minimum absolute atomic E-state index is 0.0454. The van der Waals surface area contributed by atoms with Gasteiger partial charge in [-0.1, -0.05) is 5.16 Å². The maximum atomic E-state index is 11.5. The number of fused-ring (bicyclic) bond motifs is 1. The van der Waals surface area contributed by atoms with E-state index in [0.29, 0.717) is 17.9 Å². The Bertz CT molecular complexity index is 633. The first-order chi connectivity index (χ1) is 8.67. The Balaban J connectivity index is 2.19. The summed E-state index contributed by atoms with van der Waals surface area (Å²) >= 11 is 0. The molecule has 3 N–H and O–H groups in total. The zero-order valence-electron chi connectivity index (χ0n) is 9.69. The Kier molecular flexibility index (Phi) is 2.22. The summed E-state index contributed by atoms with van der Waals surface area (Å²) in [5.74, 6) is 0.851. The van der Waals surface area contributed by atoms with E-state index < -0.39 is 0 Å². The van der Waals surface area contributed by atoms with Crippen LogP contribution in [0.2, 0.25) is 0 Å². The van der Waals surface area contributed by atoms with E-state index >= 15 is 0 Å². The largest absolute Gasteiger partial charge is 0.497 e. The number of hydrogen-bond donors (Lipinski definition) is 2. The van der Waals surface area contributed by atoms with Crippen LogP contribution in [0.4, 0.5) is 11.6 Å². The van der Waals surface area contributed by atoms with Gasteiger partial charge in [-0.15, -0.1) is 0 Å². The second kappa shape index (κ2) is 3.76. The van der Waals surface area contributed by atoms with E-state index in [4.69, 9.17) is 15.0 Å². The molecule has 2 heterocycles. The Morgan fingerprint density at radius 1 is 1.44 bits per heavy atom. The van der Waals surface area contributed by atoms with Gasteiger partial charge in [-0.3, -0.25) is 4.79 Å². The number of nitrogens with one attached hydrogen (secondary N) is 1. The average molecular weight is 245 g/mol. The number of ether oxygens (including phenoxy) is 1. The van der Waals surface area contributed by atoms with Crippen molar-refractivity contribution in [2.75, 3.05) is 18.2 Å². The fourth-order valence-corrected chi connectivity index (χ4v) is 2.05. The Morgan fingerprint density at radius 3 is 2.94 bits per heavy atom. The van der Waals surface area contributed by atoms with Crippen LogP contribution in [0.5, 0.6) is 5.75 Å². The van der Waals surface area contributed by atoms with E-state index in [1.165, 1.54) is 0 Å². The standard InChI is InChI=1S/C12H11N3O3/c1-17-7-2-6-3-11(16)14-12(6)8(4-7)9-5-10(13)18-15-9/h2,4-5H,3,13H2,1H3,(H,14,16). The lowest BCUT2D eigenvalue weighted by atomic mass is 10.0. The van der Waals surface area contributed by atoms with Crippen LogP contribution in [0.1, 0.15) is 5.56 Å². The summed E-state index contributed by atoms with van der Waals surface area (Å²) in [6.07, 6.45) is 0.340. The molecule has 18 heavy (non-hydrogen) atoms. The van der Waals surface area contributed by atoms with Crippen LogP contribution >= 0.6 is 0 Å². The highest BCUT2D eigenvalue weighted by Gasteiger charge is 2.24. The first-order valence-electron chi connectivity index (χ1n) is 5.40. The lowest BCUT2D eigenvalue weighted by molar-refractivity contribution is -0.115. The Labute approximate surface area is 103 Å². The molecule has 0 spiro atoms. The van der Waals surface area contributed by atoms with Crippen LogP contribution < -0.4 is 15.8 Å². The van der Waals surface area contributed by atoms with Crippen LogP contribution in [0.25, 0.3) is 11.3 Å². The van der Waals surface area contributed by atoms with Crippen molar-refractivity contribution in [3.63, 3.8) is 0 Å². The third-order valence-corrected chi connectivity index (χ3v) is 2.85. The zero-order chi connectivity index (χ0) is 12.7. The van der Waals surface area contributed by atoms with E-state index in [1.54, 1.807) is 19.2 Å². The van der Waals surface area contributed by atoms with Gasteiger partial charge >= 0.3 is 0 Å². The van der Waals surface area contributed by atoms with Crippen LogP contribution in [0.3, 0.4) is 0 Å². The van der Waals surface area contributed by atoms with Crippen molar-refractivity contribution in [3.05, 3.63) is 23.8 Å². The first-order valence-corrected chi connectivity index (χ1v) is 5.40. The molecule has 3 rings (SSSR count). The molecule has 0 saturated carbocycles. The molecule has 0 unspecified atom stereocenters. The number of hydrogen-bond acceptors (Lipinski definition) is 5. The second-order valence-corrected chi connectivity index (χ2v) is 4.05. The summed E-state index contributed by atoms with van der Waals surface area (Å²) in [6, 6.07) is 5.24. The van der Waals surface area contributed by atoms with Crippen molar-refractivity contribution in [1.82, 2.24) is 5.16 Å². The lowest BCUT2D eigenvalue weighted by Gasteiger charge is -2.08. The molecule has 0 saturated heterocycles. The molecule has 1 aliphatic rings. The molecule has 1 aromatic carbocycles. The van der Waals surface area contributed by atoms with Crippen molar-refractivity contribution in [2.45, 2.75) is 6.42 Å². The van der Waals surface area contributed by atoms with Gasteiger partial charge in [0.05, 0.1) is 19.2 Å². The number of benzene rings is 1. The molecule has 6 heteroatoms. The van der Waals surface area contributed by atoms with E-state index in [2.05, 4.69) is 10.5 Å². The smallest absolute Gasteiger partial charge is 0.228 e. The molecular formula is C12H11N3O3. The zero-order valence-corrected chi connectivity index (χ0v) is 9.69. The molecule has 1 aromatic heterocycles. The van der Waals surface area contributed by atoms with Crippen LogP contribution in [-0.4, -0.2) is 18.2 Å². The molecule has 6 nitrogen and oxygen atoms in total. The summed E-state index contributed by atoms with van der Waals surface area (Å²) in [4.78, 5) is 11.5. The monoisotopic (exact) mass is 245 g/mol.